The van der Waals surface area contributed by atoms with Crippen molar-refractivity contribution in [2.24, 2.45) is 0 Å². The molecule has 2 amide bonds. The standard InChI is InChI=1S/C16H15ClN2O2/c1-10-7-11(2)9-12(8-10)18-15(20)16(21)19-14-6-4-3-5-13(14)17/h3-9H,1-2H3,(H,18,20)(H,19,21). The van der Waals surface area contributed by atoms with Crippen LogP contribution in [0, 0.1) is 13.8 Å². The maximum absolute atomic E-state index is 11.9. The fourth-order valence-corrected chi connectivity index (χ4v) is 2.16. The van der Waals surface area contributed by atoms with Crippen molar-refractivity contribution < 1.29 is 9.59 Å². The van der Waals surface area contributed by atoms with Crippen LogP contribution in [-0.2, 0) is 9.59 Å². The SMILES string of the molecule is Cc1cc(C)cc(NC(=O)C(=O)Nc2ccccc2Cl)c1. The van der Waals surface area contributed by atoms with Gasteiger partial charge >= 0.3 is 11.8 Å². The third-order valence-electron chi connectivity index (χ3n) is 2.81. The summed E-state index contributed by atoms with van der Waals surface area (Å²) in [6, 6.07) is 12.3. The number of rotatable bonds is 2. The van der Waals surface area contributed by atoms with Crippen molar-refractivity contribution in [3.63, 3.8) is 0 Å². The number of anilines is 2. The molecule has 2 N–H and O–H groups in total. The van der Waals surface area contributed by atoms with E-state index in [9.17, 15) is 9.59 Å². The van der Waals surface area contributed by atoms with Gasteiger partial charge in [0.25, 0.3) is 0 Å². The van der Waals surface area contributed by atoms with E-state index in [0.29, 0.717) is 16.4 Å². The Labute approximate surface area is 128 Å². The van der Waals surface area contributed by atoms with Crippen molar-refractivity contribution >= 4 is 34.8 Å². The zero-order valence-electron chi connectivity index (χ0n) is 11.7. The normalized spacial score (nSPS) is 10.0. The number of nitrogens with one attached hydrogen (secondary N) is 2. The zero-order valence-corrected chi connectivity index (χ0v) is 12.5. The van der Waals surface area contributed by atoms with Gasteiger partial charge in [-0.3, -0.25) is 9.59 Å². The number of carbonyl (C=O) groups is 2. The van der Waals surface area contributed by atoms with Gasteiger partial charge in [0, 0.05) is 5.69 Å². The van der Waals surface area contributed by atoms with E-state index < -0.39 is 11.8 Å². The summed E-state index contributed by atoms with van der Waals surface area (Å²) in [6.07, 6.45) is 0. The number of aryl methyl sites for hydroxylation is 2. The molecule has 0 bridgehead atoms. The van der Waals surface area contributed by atoms with Crippen LogP contribution in [0.25, 0.3) is 0 Å². The highest BCUT2D eigenvalue weighted by molar-refractivity contribution is 6.44. The van der Waals surface area contributed by atoms with Gasteiger partial charge in [0.15, 0.2) is 0 Å². The average Bonchev–Trinajstić information content (AvgIpc) is 2.40. The average molecular weight is 303 g/mol. The maximum atomic E-state index is 11.9. The lowest BCUT2D eigenvalue weighted by Gasteiger charge is -2.09. The molecule has 2 rings (SSSR count). The Hall–Kier alpha value is -2.33. The van der Waals surface area contributed by atoms with Crippen LogP contribution in [0.5, 0.6) is 0 Å². The first kappa shape index (κ1) is 15.1. The molecular formula is C16H15ClN2O2. The Morgan fingerprint density at radius 2 is 1.48 bits per heavy atom. The molecule has 21 heavy (non-hydrogen) atoms. The van der Waals surface area contributed by atoms with Gasteiger partial charge in [-0.25, -0.2) is 0 Å². The molecule has 0 unspecified atom stereocenters. The quantitative estimate of drug-likeness (QED) is 0.834. The largest absolute Gasteiger partial charge is 0.318 e. The summed E-state index contributed by atoms with van der Waals surface area (Å²) < 4.78 is 0. The molecular weight excluding hydrogens is 288 g/mol. The lowest BCUT2D eigenvalue weighted by Crippen LogP contribution is -2.29. The molecule has 0 spiro atoms. The van der Waals surface area contributed by atoms with Crippen LogP contribution in [-0.4, -0.2) is 11.8 Å². The molecule has 0 aliphatic heterocycles. The summed E-state index contributed by atoms with van der Waals surface area (Å²) in [6.45, 7) is 3.85. The van der Waals surface area contributed by atoms with E-state index in [1.807, 2.05) is 19.9 Å². The molecule has 0 aromatic heterocycles. The molecule has 0 heterocycles. The highest BCUT2D eigenvalue weighted by Crippen LogP contribution is 2.20. The Balaban J connectivity index is 2.06. The molecule has 0 aliphatic rings. The van der Waals surface area contributed by atoms with Gasteiger partial charge in [-0.05, 0) is 49.2 Å². The van der Waals surface area contributed by atoms with Crippen molar-refractivity contribution in [2.75, 3.05) is 10.6 Å². The van der Waals surface area contributed by atoms with Crippen LogP contribution < -0.4 is 10.6 Å². The Bertz CT molecular complexity index is 678. The minimum atomic E-state index is -0.762. The van der Waals surface area contributed by atoms with Gasteiger partial charge in [-0.2, -0.15) is 0 Å². The second kappa shape index (κ2) is 6.41. The second-order valence-electron chi connectivity index (χ2n) is 4.76. The van der Waals surface area contributed by atoms with E-state index in [0.717, 1.165) is 11.1 Å². The van der Waals surface area contributed by atoms with E-state index in [1.54, 1.807) is 36.4 Å². The minimum absolute atomic E-state index is 0.380. The summed E-state index contributed by atoms with van der Waals surface area (Å²) in [4.78, 5) is 23.7. The minimum Gasteiger partial charge on any atom is -0.318 e. The van der Waals surface area contributed by atoms with Crippen molar-refractivity contribution in [2.45, 2.75) is 13.8 Å². The number of hydrogen-bond acceptors (Lipinski definition) is 2. The first-order chi connectivity index (χ1) is 9.95. The van der Waals surface area contributed by atoms with E-state index >= 15 is 0 Å². The van der Waals surface area contributed by atoms with Gasteiger partial charge in [-0.1, -0.05) is 29.8 Å². The van der Waals surface area contributed by atoms with Crippen LogP contribution in [0.2, 0.25) is 5.02 Å². The molecule has 0 radical (unpaired) electrons. The van der Waals surface area contributed by atoms with Crippen LogP contribution in [0.4, 0.5) is 11.4 Å². The van der Waals surface area contributed by atoms with Gasteiger partial charge in [0.1, 0.15) is 0 Å². The number of halogens is 1. The van der Waals surface area contributed by atoms with Gasteiger partial charge in [-0.15, -0.1) is 0 Å². The first-order valence-corrected chi connectivity index (χ1v) is 6.78. The van der Waals surface area contributed by atoms with E-state index in [1.165, 1.54) is 0 Å². The second-order valence-corrected chi connectivity index (χ2v) is 5.17. The monoisotopic (exact) mass is 302 g/mol. The lowest BCUT2D eigenvalue weighted by atomic mass is 10.1. The molecule has 0 atom stereocenters. The maximum Gasteiger partial charge on any atom is 0.314 e. The fourth-order valence-electron chi connectivity index (χ4n) is 1.98. The Morgan fingerprint density at radius 3 is 2.10 bits per heavy atom. The zero-order chi connectivity index (χ0) is 15.4. The van der Waals surface area contributed by atoms with E-state index in [-0.39, 0.29) is 0 Å². The van der Waals surface area contributed by atoms with Crippen molar-refractivity contribution in [1.29, 1.82) is 0 Å². The predicted octanol–water partition coefficient (Wildman–Crippen LogP) is 3.53. The smallest absolute Gasteiger partial charge is 0.314 e. The molecule has 2 aromatic rings. The van der Waals surface area contributed by atoms with Crippen molar-refractivity contribution in [3.8, 4) is 0 Å². The number of carbonyl (C=O) groups excluding carboxylic acids is 2. The number of para-hydroxylation sites is 1. The van der Waals surface area contributed by atoms with Crippen LogP contribution in [0.1, 0.15) is 11.1 Å². The van der Waals surface area contributed by atoms with E-state index in [2.05, 4.69) is 10.6 Å². The highest BCUT2D eigenvalue weighted by atomic mass is 35.5. The number of amides is 2. The topological polar surface area (TPSA) is 58.2 Å². The number of hydrogen-bond donors (Lipinski definition) is 2. The molecule has 4 nitrogen and oxygen atoms in total. The summed E-state index contributed by atoms with van der Waals surface area (Å²) in [5, 5.41) is 5.43. The molecule has 0 saturated carbocycles. The Kier molecular flexibility index (Phi) is 4.60. The van der Waals surface area contributed by atoms with Gasteiger partial charge in [0.05, 0.1) is 10.7 Å². The van der Waals surface area contributed by atoms with Crippen LogP contribution in [0.15, 0.2) is 42.5 Å². The van der Waals surface area contributed by atoms with Gasteiger partial charge in [0.2, 0.25) is 0 Å². The van der Waals surface area contributed by atoms with Crippen LogP contribution in [0.3, 0.4) is 0 Å². The Morgan fingerprint density at radius 1 is 0.905 bits per heavy atom. The molecule has 0 saturated heterocycles. The summed E-state index contributed by atoms with van der Waals surface area (Å²) in [5.41, 5.74) is 3.01. The van der Waals surface area contributed by atoms with Crippen LogP contribution >= 0.6 is 11.6 Å². The molecule has 5 heteroatoms. The summed E-state index contributed by atoms with van der Waals surface area (Å²) in [7, 11) is 0. The third-order valence-corrected chi connectivity index (χ3v) is 3.14. The fraction of sp³-hybridized carbons (Fsp3) is 0.125. The summed E-state index contributed by atoms with van der Waals surface area (Å²) >= 11 is 5.93. The van der Waals surface area contributed by atoms with Crippen molar-refractivity contribution in [3.05, 3.63) is 58.6 Å². The van der Waals surface area contributed by atoms with E-state index in [4.69, 9.17) is 11.6 Å². The summed E-state index contributed by atoms with van der Waals surface area (Å²) in [5.74, 6) is -1.50. The first-order valence-electron chi connectivity index (χ1n) is 6.41. The lowest BCUT2D eigenvalue weighted by molar-refractivity contribution is -0.132. The highest BCUT2D eigenvalue weighted by Gasteiger charge is 2.15. The number of benzene rings is 2. The van der Waals surface area contributed by atoms with Crippen molar-refractivity contribution in [1.82, 2.24) is 0 Å². The van der Waals surface area contributed by atoms with Gasteiger partial charge < -0.3 is 10.6 Å². The molecule has 2 aromatic carbocycles. The predicted molar refractivity (Wildman–Crippen MR) is 84.6 cm³/mol. The molecule has 0 aliphatic carbocycles. The molecule has 0 fully saturated rings. The third kappa shape index (κ3) is 4.07. The molecule has 108 valence electrons.